The quantitative estimate of drug-likeness (QED) is 0.504. The summed E-state index contributed by atoms with van der Waals surface area (Å²) in [5.74, 6) is 0.149. The van der Waals surface area contributed by atoms with Crippen LogP contribution in [0.3, 0.4) is 0 Å². The molecule has 28 heavy (non-hydrogen) atoms. The van der Waals surface area contributed by atoms with Gasteiger partial charge in [-0.2, -0.15) is 0 Å². The number of thiophene rings is 1. The zero-order chi connectivity index (χ0) is 19.9. The molecular weight excluding hydrogens is 378 g/mol. The molecule has 156 valence electrons. The van der Waals surface area contributed by atoms with E-state index in [0.29, 0.717) is 23.1 Å². The SMILES string of the molecule is CCOC(=O)c1c(NC(=O)CNCCN2CCOCC2)sc2c1CCC(C)C2. The molecule has 1 aromatic heterocycles. The fourth-order valence-electron chi connectivity index (χ4n) is 3.69. The Balaban J connectivity index is 1.56. The van der Waals surface area contributed by atoms with Crippen molar-refractivity contribution in [1.82, 2.24) is 10.2 Å². The Labute approximate surface area is 170 Å². The average molecular weight is 410 g/mol. The van der Waals surface area contributed by atoms with Gasteiger partial charge in [0.25, 0.3) is 0 Å². The summed E-state index contributed by atoms with van der Waals surface area (Å²) in [6, 6.07) is 0. The van der Waals surface area contributed by atoms with Crippen molar-refractivity contribution < 1.29 is 19.1 Å². The van der Waals surface area contributed by atoms with Crippen LogP contribution < -0.4 is 10.6 Å². The van der Waals surface area contributed by atoms with Crippen LogP contribution >= 0.6 is 11.3 Å². The van der Waals surface area contributed by atoms with Crippen LogP contribution in [0.15, 0.2) is 0 Å². The van der Waals surface area contributed by atoms with Crippen LogP contribution in [0.5, 0.6) is 0 Å². The van der Waals surface area contributed by atoms with Crippen LogP contribution in [0.2, 0.25) is 0 Å². The Morgan fingerprint density at radius 3 is 2.86 bits per heavy atom. The number of morpholine rings is 1. The average Bonchev–Trinajstić information content (AvgIpc) is 3.03. The highest BCUT2D eigenvalue weighted by molar-refractivity contribution is 7.17. The van der Waals surface area contributed by atoms with E-state index in [4.69, 9.17) is 9.47 Å². The van der Waals surface area contributed by atoms with Crippen LogP contribution in [0.4, 0.5) is 5.00 Å². The minimum absolute atomic E-state index is 0.126. The second-order valence-electron chi connectivity index (χ2n) is 7.46. The van der Waals surface area contributed by atoms with Crippen molar-refractivity contribution >= 4 is 28.2 Å². The number of nitrogens with one attached hydrogen (secondary N) is 2. The van der Waals surface area contributed by atoms with E-state index >= 15 is 0 Å². The third kappa shape index (κ3) is 5.53. The van der Waals surface area contributed by atoms with Crippen LogP contribution in [0, 0.1) is 5.92 Å². The molecule has 1 unspecified atom stereocenters. The second kappa shape index (κ2) is 10.3. The normalized spacial score (nSPS) is 19.9. The smallest absolute Gasteiger partial charge is 0.341 e. The first-order valence-electron chi connectivity index (χ1n) is 10.2. The van der Waals surface area contributed by atoms with Gasteiger partial charge in [0.2, 0.25) is 5.91 Å². The minimum Gasteiger partial charge on any atom is -0.462 e. The van der Waals surface area contributed by atoms with E-state index in [-0.39, 0.29) is 18.4 Å². The number of anilines is 1. The van der Waals surface area contributed by atoms with Gasteiger partial charge in [-0.3, -0.25) is 9.69 Å². The Kier molecular flexibility index (Phi) is 7.84. The molecule has 1 saturated heterocycles. The first-order valence-corrected chi connectivity index (χ1v) is 11.0. The highest BCUT2D eigenvalue weighted by Gasteiger charge is 2.29. The maximum Gasteiger partial charge on any atom is 0.341 e. The number of nitrogens with zero attached hydrogens (tertiary/aromatic N) is 1. The largest absolute Gasteiger partial charge is 0.462 e. The van der Waals surface area contributed by atoms with Crippen LogP contribution in [0.1, 0.15) is 41.1 Å². The van der Waals surface area contributed by atoms with E-state index in [0.717, 1.165) is 64.2 Å². The third-order valence-corrected chi connectivity index (χ3v) is 6.41. The summed E-state index contributed by atoms with van der Waals surface area (Å²) >= 11 is 1.53. The van der Waals surface area contributed by atoms with Crippen molar-refractivity contribution in [1.29, 1.82) is 0 Å². The summed E-state index contributed by atoms with van der Waals surface area (Å²) in [4.78, 5) is 28.4. The van der Waals surface area contributed by atoms with Crippen molar-refractivity contribution in [3.63, 3.8) is 0 Å². The monoisotopic (exact) mass is 409 g/mol. The Hall–Kier alpha value is -1.48. The molecule has 3 rings (SSSR count). The molecule has 0 radical (unpaired) electrons. The van der Waals surface area contributed by atoms with Crippen molar-refractivity contribution in [3.05, 3.63) is 16.0 Å². The van der Waals surface area contributed by atoms with E-state index in [1.54, 1.807) is 6.92 Å². The molecule has 1 atom stereocenters. The topological polar surface area (TPSA) is 79.9 Å². The van der Waals surface area contributed by atoms with Gasteiger partial charge in [-0.1, -0.05) is 6.92 Å². The summed E-state index contributed by atoms with van der Waals surface area (Å²) in [7, 11) is 0. The lowest BCUT2D eigenvalue weighted by Crippen LogP contribution is -2.41. The molecule has 1 aliphatic carbocycles. The maximum absolute atomic E-state index is 12.5. The van der Waals surface area contributed by atoms with Crippen LogP contribution in [0.25, 0.3) is 0 Å². The number of esters is 1. The summed E-state index contributed by atoms with van der Waals surface area (Å²) in [6.45, 7) is 9.66. The van der Waals surface area contributed by atoms with E-state index in [1.807, 2.05) is 0 Å². The lowest BCUT2D eigenvalue weighted by Gasteiger charge is -2.26. The fraction of sp³-hybridized carbons (Fsp3) is 0.700. The van der Waals surface area contributed by atoms with Gasteiger partial charge < -0.3 is 20.1 Å². The Bertz CT molecular complexity index is 685. The predicted molar refractivity (Wildman–Crippen MR) is 110 cm³/mol. The van der Waals surface area contributed by atoms with Crippen LogP contribution in [-0.2, 0) is 27.1 Å². The molecule has 2 N–H and O–H groups in total. The van der Waals surface area contributed by atoms with Crippen molar-refractivity contribution in [3.8, 4) is 0 Å². The molecule has 2 aliphatic rings. The number of hydrogen-bond donors (Lipinski definition) is 2. The molecule has 0 spiro atoms. The number of carbonyl (C=O) groups is 2. The lowest BCUT2D eigenvalue weighted by atomic mass is 9.88. The molecular formula is C20H31N3O4S. The standard InChI is InChI=1S/C20H31N3O4S/c1-3-27-20(25)18-15-5-4-14(2)12-16(15)28-19(18)22-17(24)13-21-6-7-23-8-10-26-11-9-23/h14,21H,3-13H2,1-2H3,(H,22,24). The van der Waals surface area contributed by atoms with E-state index in [9.17, 15) is 9.59 Å². The number of rotatable bonds is 8. The van der Waals surface area contributed by atoms with Crippen molar-refractivity contribution in [2.45, 2.75) is 33.1 Å². The first kappa shape index (κ1) is 21.2. The molecule has 1 fully saturated rings. The van der Waals surface area contributed by atoms with Gasteiger partial charge in [-0.15, -0.1) is 11.3 Å². The summed E-state index contributed by atoms with van der Waals surface area (Å²) in [6.07, 6.45) is 2.89. The number of amides is 1. The van der Waals surface area contributed by atoms with Crippen LogP contribution in [-0.4, -0.2) is 69.3 Å². The number of ether oxygens (including phenoxy) is 2. The molecule has 0 saturated carbocycles. The molecule has 1 amide bonds. The summed E-state index contributed by atoms with van der Waals surface area (Å²) in [5.41, 5.74) is 1.63. The van der Waals surface area contributed by atoms with Gasteiger partial charge in [-0.25, -0.2) is 4.79 Å². The third-order valence-electron chi connectivity index (χ3n) is 5.24. The highest BCUT2D eigenvalue weighted by Crippen LogP contribution is 2.40. The number of hydrogen-bond acceptors (Lipinski definition) is 7. The molecule has 8 heteroatoms. The zero-order valence-corrected chi connectivity index (χ0v) is 17.7. The molecule has 0 aromatic carbocycles. The summed E-state index contributed by atoms with van der Waals surface area (Å²) < 4.78 is 10.6. The second-order valence-corrected chi connectivity index (χ2v) is 8.56. The molecule has 2 heterocycles. The molecule has 7 nitrogen and oxygen atoms in total. The van der Waals surface area contributed by atoms with E-state index in [1.165, 1.54) is 16.2 Å². The number of fused-ring (bicyclic) bond motifs is 1. The Morgan fingerprint density at radius 1 is 1.32 bits per heavy atom. The zero-order valence-electron chi connectivity index (χ0n) is 16.8. The van der Waals surface area contributed by atoms with Gasteiger partial charge in [-0.05, 0) is 37.7 Å². The van der Waals surface area contributed by atoms with Gasteiger partial charge in [0, 0.05) is 31.1 Å². The lowest BCUT2D eigenvalue weighted by molar-refractivity contribution is -0.115. The van der Waals surface area contributed by atoms with Crippen molar-refractivity contribution in [2.75, 3.05) is 57.9 Å². The van der Waals surface area contributed by atoms with E-state index < -0.39 is 0 Å². The van der Waals surface area contributed by atoms with Crippen molar-refractivity contribution in [2.24, 2.45) is 5.92 Å². The van der Waals surface area contributed by atoms with Gasteiger partial charge in [0.1, 0.15) is 5.00 Å². The molecule has 0 bridgehead atoms. The number of carbonyl (C=O) groups excluding carboxylic acids is 2. The fourth-order valence-corrected chi connectivity index (χ4v) is 5.11. The van der Waals surface area contributed by atoms with Gasteiger partial charge >= 0.3 is 5.97 Å². The van der Waals surface area contributed by atoms with Gasteiger partial charge in [0.15, 0.2) is 0 Å². The highest BCUT2D eigenvalue weighted by atomic mass is 32.1. The minimum atomic E-state index is -0.329. The molecule has 1 aliphatic heterocycles. The first-order chi connectivity index (χ1) is 13.6. The molecule has 1 aromatic rings. The van der Waals surface area contributed by atoms with E-state index in [2.05, 4.69) is 22.5 Å². The van der Waals surface area contributed by atoms with Gasteiger partial charge in [0.05, 0.1) is 31.9 Å². The predicted octanol–water partition coefficient (Wildman–Crippen LogP) is 1.91. The summed E-state index contributed by atoms with van der Waals surface area (Å²) in [5, 5.41) is 6.77. The Morgan fingerprint density at radius 2 is 2.11 bits per heavy atom. The maximum atomic E-state index is 12.5.